The van der Waals surface area contributed by atoms with E-state index < -0.39 is 0 Å². The Morgan fingerprint density at radius 2 is 2.14 bits per heavy atom. The number of ether oxygens (including phenoxy) is 2. The average molecular weight is 396 g/mol. The number of benzene rings is 1. The summed E-state index contributed by atoms with van der Waals surface area (Å²) in [7, 11) is 0. The molecule has 1 unspecified atom stereocenters. The van der Waals surface area contributed by atoms with Crippen LogP contribution in [0.4, 0.5) is 17.2 Å². The van der Waals surface area contributed by atoms with E-state index in [1.165, 1.54) is 0 Å². The van der Waals surface area contributed by atoms with Crippen LogP contribution >= 0.6 is 11.6 Å². The zero-order valence-electron chi connectivity index (χ0n) is 15.2. The molecule has 2 aromatic heterocycles. The summed E-state index contributed by atoms with van der Waals surface area (Å²) >= 11 is 6.48. The van der Waals surface area contributed by atoms with E-state index in [2.05, 4.69) is 20.5 Å². The maximum atomic E-state index is 6.48. The Morgan fingerprint density at radius 1 is 1.25 bits per heavy atom. The quantitative estimate of drug-likeness (QED) is 0.544. The van der Waals surface area contributed by atoms with Gasteiger partial charge in [-0.2, -0.15) is 5.10 Å². The number of aliphatic imine (C=N–C) groups is 1. The van der Waals surface area contributed by atoms with Crippen molar-refractivity contribution in [3.8, 4) is 5.88 Å². The van der Waals surface area contributed by atoms with E-state index in [0.717, 1.165) is 40.3 Å². The van der Waals surface area contributed by atoms with E-state index in [0.29, 0.717) is 29.9 Å². The lowest BCUT2D eigenvalue weighted by Crippen LogP contribution is -2.17. The molecule has 1 fully saturated rings. The number of rotatable bonds is 3. The van der Waals surface area contributed by atoms with Crippen LogP contribution in [0.15, 0.2) is 41.5 Å². The van der Waals surface area contributed by atoms with Gasteiger partial charge in [-0.05, 0) is 13.0 Å². The molecule has 5 rings (SSSR count). The first-order valence-electron chi connectivity index (χ1n) is 9.09. The number of anilines is 2. The highest BCUT2D eigenvalue weighted by molar-refractivity contribution is 6.36. The van der Waals surface area contributed by atoms with Crippen LogP contribution in [-0.2, 0) is 4.74 Å². The van der Waals surface area contributed by atoms with Crippen LogP contribution in [0.2, 0.25) is 5.02 Å². The predicted octanol–water partition coefficient (Wildman–Crippen LogP) is 4.16. The smallest absolute Gasteiger partial charge is 0.215 e. The molecule has 2 aliphatic heterocycles. The highest BCUT2D eigenvalue weighted by Gasteiger charge is 2.24. The van der Waals surface area contributed by atoms with Gasteiger partial charge in [0.1, 0.15) is 11.8 Å². The number of aromatic amines is 1. The van der Waals surface area contributed by atoms with Crippen molar-refractivity contribution < 1.29 is 9.47 Å². The minimum Gasteiger partial charge on any atom is -0.472 e. The lowest BCUT2D eigenvalue weighted by atomic mass is 10.0. The number of H-pyrrole nitrogens is 1. The molecule has 0 spiro atoms. The molecule has 0 radical (unpaired) electrons. The highest BCUT2D eigenvalue weighted by Crippen LogP contribution is 2.38. The normalized spacial score (nSPS) is 17.9. The largest absolute Gasteiger partial charge is 0.472 e. The molecule has 1 aromatic carbocycles. The molecule has 8 heteroatoms. The van der Waals surface area contributed by atoms with Crippen LogP contribution in [0.5, 0.6) is 5.88 Å². The summed E-state index contributed by atoms with van der Waals surface area (Å²) in [4.78, 5) is 9.38. The van der Waals surface area contributed by atoms with E-state index in [1.54, 1.807) is 6.20 Å². The molecule has 0 bridgehead atoms. The molecular formula is C20H18ClN5O2. The molecule has 2 N–H and O–H groups in total. The molecule has 0 saturated carbocycles. The Bertz CT molecular complexity index is 1070. The summed E-state index contributed by atoms with van der Waals surface area (Å²) in [6, 6.07) is 9.52. The number of pyridine rings is 1. The third-order valence-electron chi connectivity index (χ3n) is 4.83. The van der Waals surface area contributed by atoms with Gasteiger partial charge in [0.05, 0.1) is 30.3 Å². The van der Waals surface area contributed by atoms with Crippen molar-refractivity contribution in [1.82, 2.24) is 15.2 Å². The first-order chi connectivity index (χ1) is 13.7. The van der Waals surface area contributed by atoms with Crippen LogP contribution < -0.4 is 10.1 Å². The van der Waals surface area contributed by atoms with Crippen molar-refractivity contribution in [1.29, 1.82) is 0 Å². The van der Waals surface area contributed by atoms with Crippen molar-refractivity contribution in [3.05, 3.63) is 58.4 Å². The van der Waals surface area contributed by atoms with E-state index in [-0.39, 0.29) is 6.10 Å². The lowest BCUT2D eigenvalue weighted by Gasteiger charge is -2.15. The zero-order chi connectivity index (χ0) is 19.1. The van der Waals surface area contributed by atoms with Crippen molar-refractivity contribution in [3.63, 3.8) is 0 Å². The van der Waals surface area contributed by atoms with Gasteiger partial charge in [-0.3, -0.25) is 5.10 Å². The number of halogens is 1. The molecule has 1 saturated heterocycles. The van der Waals surface area contributed by atoms with E-state index in [4.69, 9.17) is 26.1 Å². The lowest BCUT2D eigenvalue weighted by molar-refractivity contribution is 0.138. The first-order valence-corrected chi connectivity index (χ1v) is 9.47. The molecule has 4 heterocycles. The highest BCUT2D eigenvalue weighted by atomic mass is 35.5. The third kappa shape index (κ3) is 3.02. The Morgan fingerprint density at radius 3 is 2.96 bits per heavy atom. The third-order valence-corrected chi connectivity index (χ3v) is 5.16. The van der Waals surface area contributed by atoms with Crippen LogP contribution in [-0.4, -0.2) is 40.2 Å². The average Bonchev–Trinajstić information content (AvgIpc) is 3.28. The second kappa shape index (κ2) is 6.92. The minimum atomic E-state index is 0.0243. The van der Waals surface area contributed by atoms with Gasteiger partial charge in [-0.1, -0.05) is 29.8 Å². The number of hydrogen-bond acceptors (Lipinski definition) is 6. The summed E-state index contributed by atoms with van der Waals surface area (Å²) < 4.78 is 11.4. The van der Waals surface area contributed by atoms with E-state index in [9.17, 15) is 0 Å². The van der Waals surface area contributed by atoms with Gasteiger partial charge in [-0.25, -0.2) is 9.98 Å². The SMILES string of the molecule is Cc1[nH]nc2c1N=C(c1ccccc1Cl)c1cnc(OC3CCOC3)cc1N2. The fourth-order valence-electron chi connectivity index (χ4n) is 3.37. The molecule has 0 aliphatic carbocycles. The molecule has 7 nitrogen and oxygen atoms in total. The summed E-state index contributed by atoms with van der Waals surface area (Å²) in [6.07, 6.45) is 2.65. The second-order valence-electron chi connectivity index (χ2n) is 6.78. The second-order valence-corrected chi connectivity index (χ2v) is 7.19. The van der Waals surface area contributed by atoms with Crippen LogP contribution in [0, 0.1) is 6.92 Å². The van der Waals surface area contributed by atoms with Crippen molar-refractivity contribution in [2.45, 2.75) is 19.4 Å². The molecular weight excluding hydrogens is 378 g/mol. The topological polar surface area (TPSA) is 84.4 Å². The Labute approximate surface area is 166 Å². The van der Waals surface area contributed by atoms with Crippen LogP contribution in [0.25, 0.3) is 0 Å². The monoisotopic (exact) mass is 395 g/mol. The maximum absolute atomic E-state index is 6.48. The molecule has 28 heavy (non-hydrogen) atoms. The predicted molar refractivity (Wildman–Crippen MR) is 107 cm³/mol. The molecule has 142 valence electrons. The summed E-state index contributed by atoms with van der Waals surface area (Å²) in [6.45, 7) is 3.23. The summed E-state index contributed by atoms with van der Waals surface area (Å²) in [5, 5.41) is 11.3. The van der Waals surface area contributed by atoms with Crippen molar-refractivity contribution in [2.75, 3.05) is 18.5 Å². The zero-order valence-corrected chi connectivity index (χ0v) is 16.0. The number of nitrogens with one attached hydrogen (secondary N) is 2. The van der Waals surface area contributed by atoms with E-state index >= 15 is 0 Å². The fourth-order valence-corrected chi connectivity index (χ4v) is 3.60. The van der Waals surface area contributed by atoms with E-state index in [1.807, 2.05) is 37.3 Å². The maximum Gasteiger partial charge on any atom is 0.215 e. The minimum absolute atomic E-state index is 0.0243. The summed E-state index contributed by atoms with van der Waals surface area (Å²) in [5.41, 5.74) is 4.83. The van der Waals surface area contributed by atoms with Crippen LogP contribution in [0.1, 0.15) is 23.2 Å². The van der Waals surface area contributed by atoms with Gasteiger partial charge in [0.2, 0.25) is 5.88 Å². The Hall–Kier alpha value is -2.90. The Balaban J connectivity index is 1.63. The standard InChI is InChI=1S/C20H18ClN5O2/c1-11-18-20(26-25-11)23-16-8-17(28-12-6-7-27-10-12)22-9-14(16)19(24-18)13-4-2-3-5-15(13)21/h2-5,8-9,12H,6-7,10H2,1H3,(H2,23,25,26). The van der Waals surface area contributed by atoms with Gasteiger partial charge >= 0.3 is 0 Å². The van der Waals surface area contributed by atoms with Crippen LogP contribution in [0.3, 0.4) is 0 Å². The van der Waals surface area contributed by atoms with Crippen molar-refractivity contribution in [2.24, 2.45) is 4.99 Å². The molecule has 2 aliphatic rings. The number of aryl methyl sites for hydroxylation is 1. The molecule has 1 atom stereocenters. The van der Waals surface area contributed by atoms with Gasteiger partial charge < -0.3 is 14.8 Å². The number of hydrogen-bond donors (Lipinski definition) is 2. The van der Waals surface area contributed by atoms with Gasteiger partial charge in [0.15, 0.2) is 5.82 Å². The molecule has 0 amide bonds. The first kappa shape index (κ1) is 17.2. The van der Waals surface area contributed by atoms with Crippen molar-refractivity contribution >= 4 is 34.5 Å². The fraction of sp³-hybridized carbons (Fsp3) is 0.250. The van der Waals surface area contributed by atoms with Gasteiger partial charge in [0, 0.05) is 34.8 Å². The number of nitrogens with zero attached hydrogens (tertiary/aromatic N) is 3. The summed E-state index contributed by atoms with van der Waals surface area (Å²) in [5.74, 6) is 1.19. The van der Waals surface area contributed by atoms with Gasteiger partial charge in [-0.15, -0.1) is 0 Å². The number of aromatic nitrogens is 3. The van der Waals surface area contributed by atoms with Gasteiger partial charge in [0.25, 0.3) is 0 Å². The molecule has 3 aromatic rings. The number of fused-ring (bicyclic) bond motifs is 2. The Kier molecular flexibility index (Phi) is 4.26.